The maximum atomic E-state index is 12.6. The zero-order valence-electron chi connectivity index (χ0n) is 11.4. The molecule has 116 valence electrons. The molecule has 0 bridgehead atoms. The van der Waals surface area contributed by atoms with Crippen LogP contribution < -0.4 is 5.32 Å². The van der Waals surface area contributed by atoms with Crippen LogP contribution in [0.25, 0.3) is 10.9 Å². The average molecular weight is 310 g/mol. The molecule has 0 aliphatic carbocycles. The van der Waals surface area contributed by atoms with E-state index in [1.54, 1.807) is 6.20 Å². The lowest BCUT2D eigenvalue weighted by Crippen LogP contribution is -2.19. The Hall–Kier alpha value is -2.35. The third-order valence-electron chi connectivity index (χ3n) is 3.32. The number of fused-ring (bicyclic) bond motifs is 1. The Bertz CT molecular complexity index is 763. The van der Waals surface area contributed by atoms with Crippen LogP contribution in [0.3, 0.4) is 0 Å². The van der Waals surface area contributed by atoms with Crippen LogP contribution in [0.4, 0.5) is 13.2 Å². The molecule has 0 saturated heterocycles. The molecular weight excluding hydrogens is 297 g/mol. The van der Waals surface area contributed by atoms with Crippen LogP contribution in [0.1, 0.15) is 16.8 Å². The van der Waals surface area contributed by atoms with Crippen molar-refractivity contribution in [2.75, 3.05) is 6.54 Å². The molecule has 3 rings (SSSR count). The van der Waals surface area contributed by atoms with Gasteiger partial charge in [-0.2, -0.15) is 18.3 Å². The molecule has 0 atom stereocenters. The molecule has 2 N–H and O–H groups in total. The minimum absolute atomic E-state index is 0.0107. The first-order valence-corrected chi connectivity index (χ1v) is 6.67. The highest BCUT2D eigenvalue weighted by Crippen LogP contribution is 2.30. The summed E-state index contributed by atoms with van der Waals surface area (Å²) < 4.78 is 42.2. The van der Waals surface area contributed by atoms with Crippen LogP contribution >= 0.6 is 0 Å². The summed E-state index contributed by atoms with van der Waals surface area (Å²) in [4.78, 5) is 0. The summed E-state index contributed by atoms with van der Waals surface area (Å²) in [5.41, 5.74) is 1.05. The lowest BCUT2D eigenvalue weighted by molar-refractivity contribution is -0.143. The SMILES string of the molecule is FC(F)(F)c1nocc1CNCCc1ccc2cn[nH]c2c1. The molecule has 0 saturated carbocycles. The van der Waals surface area contributed by atoms with E-state index >= 15 is 0 Å². The van der Waals surface area contributed by atoms with Crippen molar-refractivity contribution in [2.24, 2.45) is 0 Å². The normalized spacial score (nSPS) is 12.1. The summed E-state index contributed by atoms with van der Waals surface area (Å²) in [6.45, 7) is 0.604. The van der Waals surface area contributed by atoms with Gasteiger partial charge in [0.25, 0.3) is 0 Å². The fourth-order valence-electron chi connectivity index (χ4n) is 2.21. The summed E-state index contributed by atoms with van der Waals surface area (Å²) in [7, 11) is 0. The second kappa shape index (κ2) is 5.80. The van der Waals surface area contributed by atoms with Crippen LogP contribution in [0.2, 0.25) is 0 Å². The molecule has 0 amide bonds. The summed E-state index contributed by atoms with van der Waals surface area (Å²) >= 11 is 0. The Labute approximate surface area is 123 Å². The van der Waals surface area contributed by atoms with E-state index < -0.39 is 11.9 Å². The fraction of sp³-hybridized carbons (Fsp3) is 0.286. The van der Waals surface area contributed by atoms with E-state index in [1.165, 1.54) is 0 Å². The quantitative estimate of drug-likeness (QED) is 0.711. The van der Waals surface area contributed by atoms with Gasteiger partial charge < -0.3 is 9.84 Å². The van der Waals surface area contributed by atoms with Gasteiger partial charge in [0.2, 0.25) is 0 Å². The predicted molar refractivity (Wildman–Crippen MR) is 73.0 cm³/mol. The van der Waals surface area contributed by atoms with Gasteiger partial charge in [-0.05, 0) is 24.6 Å². The van der Waals surface area contributed by atoms with Crippen molar-refractivity contribution in [1.82, 2.24) is 20.7 Å². The van der Waals surface area contributed by atoms with Gasteiger partial charge in [-0.15, -0.1) is 0 Å². The third-order valence-corrected chi connectivity index (χ3v) is 3.32. The van der Waals surface area contributed by atoms with Crippen molar-refractivity contribution in [3.63, 3.8) is 0 Å². The smallest absolute Gasteiger partial charge is 0.364 e. The summed E-state index contributed by atoms with van der Waals surface area (Å²) in [6, 6.07) is 5.90. The average Bonchev–Trinajstić information content (AvgIpc) is 3.11. The maximum Gasteiger partial charge on any atom is 0.437 e. The summed E-state index contributed by atoms with van der Waals surface area (Å²) in [5, 5.41) is 13.8. The Morgan fingerprint density at radius 1 is 1.27 bits per heavy atom. The lowest BCUT2D eigenvalue weighted by atomic mass is 10.1. The van der Waals surface area contributed by atoms with Gasteiger partial charge in [-0.3, -0.25) is 5.10 Å². The van der Waals surface area contributed by atoms with E-state index in [0.717, 1.165) is 22.7 Å². The van der Waals surface area contributed by atoms with Crippen LogP contribution in [-0.4, -0.2) is 21.9 Å². The fourth-order valence-corrected chi connectivity index (χ4v) is 2.21. The molecule has 1 aromatic carbocycles. The van der Waals surface area contributed by atoms with Crippen molar-refractivity contribution in [2.45, 2.75) is 19.1 Å². The van der Waals surface area contributed by atoms with Crippen LogP contribution in [-0.2, 0) is 19.1 Å². The van der Waals surface area contributed by atoms with Crippen molar-refractivity contribution >= 4 is 10.9 Å². The van der Waals surface area contributed by atoms with Gasteiger partial charge in [-0.1, -0.05) is 17.3 Å². The summed E-state index contributed by atoms with van der Waals surface area (Å²) in [6.07, 6.45) is -1.04. The van der Waals surface area contributed by atoms with Gasteiger partial charge in [0.05, 0.1) is 11.7 Å². The Kier molecular flexibility index (Phi) is 3.84. The highest BCUT2D eigenvalue weighted by atomic mass is 19.4. The molecule has 0 unspecified atom stereocenters. The Morgan fingerprint density at radius 3 is 2.95 bits per heavy atom. The molecule has 8 heteroatoms. The first-order valence-electron chi connectivity index (χ1n) is 6.67. The molecule has 0 aliphatic heterocycles. The van der Waals surface area contributed by atoms with Gasteiger partial charge in [0.15, 0.2) is 5.69 Å². The lowest BCUT2D eigenvalue weighted by Gasteiger charge is -2.07. The van der Waals surface area contributed by atoms with Gasteiger partial charge in [0.1, 0.15) is 6.26 Å². The number of halogens is 3. The summed E-state index contributed by atoms with van der Waals surface area (Å²) in [5.74, 6) is 0. The zero-order chi connectivity index (χ0) is 15.6. The number of hydrogen-bond donors (Lipinski definition) is 2. The van der Waals surface area contributed by atoms with Crippen molar-refractivity contribution in [3.8, 4) is 0 Å². The number of aromatic nitrogens is 3. The van der Waals surface area contributed by atoms with Crippen molar-refractivity contribution in [3.05, 3.63) is 47.5 Å². The molecule has 0 fully saturated rings. The van der Waals surface area contributed by atoms with Crippen LogP contribution in [0, 0.1) is 0 Å². The number of alkyl halides is 3. The maximum absolute atomic E-state index is 12.6. The highest BCUT2D eigenvalue weighted by Gasteiger charge is 2.37. The highest BCUT2D eigenvalue weighted by molar-refractivity contribution is 5.78. The van der Waals surface area contributed by atoms with Crippen LogP contribution in [0.5, 0.6) is 0 Å². The number of benzene rings is 1. The molecule has 2 aromatic heterocycles. The number of H-pyrrole nitrogens is 1. The van der Waals surface area contributed by atoms with Crippen LogP contribution in [0.15, 0.2) is 35.2 Å². The monoisotopic (exact) mass is 310 g/mol. The van der Waals surface area contributed by atoms with E-state index in [2.05, 4.69) is 25.2 Å². The topological polar surface area (TPSA) is 66.7 Å². The number of aromatic amines is 1. The number of rotatable bonds is 5. The molecule has 0 spiro atoms. The molecule has 2 heterocycles. The first kappa shape index (κ1) is 14.6. The molecule has 0 radical (unpaired) electrons. The standard InChI is InChI=1S/C14H13F3N4O/c15-14(16,17)13-11(8-22-21-13)6-18-4-3-9-1-2-10-7-19-20-12(10)5-9/h1-2,5,7-8,18H,3-4,6H2,(H,19,20). The molecule has 22 heavy (non-hydrogen) atoms. The molecule has 0 aliphatic rings. The molecule has 5 nitrogen and oxygen atoms in total. The zero-order valence-corrected chi connectivity index (χ0v) is 11.4. The minimum Gasteiger partial charge on any atom is -0.364 e. The second-order valence-electron chi connectivity index (χ2n) is 4.90. The van der Waals surface area contributed by atoms with E-state index in [-0.39, 0.29) is 12.1 Å². The molecule has 3 aromatic rings. The van der Waals surface area contributed by atoms with Gasteiger partial charge in [0, 0.05) is 17.5 Å². The predicted octanol–water partition coefficient (Wildman–Crippen LogP) is 2.90. The number of nitrogens with one attached hydrogen (secondary N) is 2. The van der Waals surface area contributed by atoms with Crippen molar-refractivity contribution in [1.29, 1.82) is 0 Å². The number of hydrogen-bond acceptors (Lipinski definition) is 4. The largest absolute Gasteiger partial charge is 0.437 e. The Balaban J connectivity index is 1.54. The van der Waals surface area contributed by atoms with E-state index in [1.807, 2.05) is 18.2 Å². The van der Waals surface area contributed by atoms with Crippen molar-refractivity contribution < 1.29 is 17.7 Å². The van der Waals surface area contributed by atoms with Gasteiger partial charge in [-0.25, -0.2) is 0 Å². The van der Waals surface area contributed by atoms with E-state index in [0.29, 0.717) is 13.0 Å². The molecular formula is C14H13F3N4O. The minimum atomic E-state index is -4.49. The van der Waals surface area contributed by atoms with E-state index in [9.17, 15) is 13.2 Å². The van der Waals surface area contributed by atoms with E-state index in [4.69, 9.17) is 0 Å². The first-order chi connectivity index (χ1) is 10.5. The Morgan fingerprint density at radius 2 is 2.14 bits per heavy atom. The van der Waals surface area contributed by atoms with Gasteiger partial charge >= 0.3 is 6.18 Å². The number of nitrogens with zero attached hydrogens (tertiary/aromatic N) is 2. The third kappa shape index (κ3) is 3.11. The second-order valence-corrected chi connectivity index (χ2v) is 4.90.